The second kappa shape index (κ2) is 4.23. The first-order valence-electron chi connectivity index (χ1n) is 4.75. The molecule has 1 atom stereocenters. The van der Waals surface area contributed by atoms with Crippen molar-refractivity contribution < 1.29 is 14.3 Å². The fourth-order valence-corrected chi connectivity index (χ4v) is 1.81. The summed E-state index contributed by atoms with van der Waals surface area (Å²) >= 11 is 0. The Bertz CT molecular complexity index is 292. The minimum atomic E-state index is -1.15. The summed E-state index contributed by atoms with van der Waals surface area (Å²) in [6, 6.07) is 1.90. The van der Waals surface area contributed by atoms with Crippen LogP contribution in [0.1, 0.15) is 32.6 Å². The molecule has 0 amide bonds. The first-order chi connectivity index (χ1) is 6.67. The van der Waals surface area contributed by atoms with Gasteiger partial charge in [0.1, 0.15) is 5.41 Å². The summed E-state index contributed by atoms with van der Waals surface area (Å²) in [5, 5.41) is 8.62. The number of esters is 1. The Labute approximate surface area is 82.8 Å². The summed E-state index contributed by atoms with van der Waals surface area (Å²) in [4.78, 5) is 23.1. The van der Waals surface area contributed by atoms with Crippen molar-refractivity contribution in [1.82, 2.24) is 0 Å². The van der Waals surface area contributed by atoms with Crippen LogP contribution in [0.5, 0.6) is 0 Å². The third-order valence-corrected chi connectivity index (χ3v) is 2.59. The lowest BCUT2D eigenvalue weighted by Crippen LogP contribution is -2.36. The minimum Gasteiger partial charge on any atom is -0.465 e. The highest BCUT2D eigenvalue weighted by Gasteiger charge is 2.49. The molecule has 1 fully saturated rings. The summed E-state index contributed by atoms with van der Waals surface area (Å²) in [6.45, 7) is 1.94. The van der Waals surface area contributed by atoms with Crippen LogP contribution >= 0.6 is 0 Å². The number of nitriles is 1. The molecule has 1 aliphatic rings. The van der Waals surface area contributed by atoms with Crippen LogP contribution in [0, 0.1) is 16.7 Å². The van der Waals surface area contributed by atoms with Gasteiger partial charge in [-0.3, -0.25) is 9.59 Å². The Hall–Kier alpha value is -1.37. The van der Waals surface area contributed by atoms with Crippen LogP contribution in [-0.4, -0.2) is 18.4 Å². The highest BCUT2D eigenvalue weighted by atomic mass is 16.5. The maximum absolute atomic E-state index is 11.6. The number of hydrogen-bond acceptors (Lipinski definition) is 4. The van der Waals surface area contributed by atoms with E-state index in [2.05, 4.69) is 0 Å². The number of carbonyl (C=O) groups is 2. The standard InChI is InChI=1S/C10H13NO3/c1-2-14-9(13)10(6-7-11)5-3-4-8(10)12/h2-6H2,1H3. The number of carbonyl (C=O) groups excluding carboxylic acids is 2. The molecule has 0 saturated heterocycles. The van der Waals surface area contributed by atoms with Gasteiger partial charge < -0.3 is 4.74 Å². The van der Waals surface area contributed by atoms with Crippen LogP contribution in [0.3, 0.4) is 0 Å². The van der Waals surface area contributed by atoms with E-state index in [-0.39, 0.29) is 18.8 Å². The molecule has 76 valence electrons. The van der Waals surface area contributed by atoms with Crippen LogP contribution in [0.25, 0.3) is 0 Å². The maximum Gasteiger partial charge on any atom is 0.320 e. The highest BCUT2D eigenvalue weighted by Crippen LogP contribution is 2.38. The SMILES string of the molecule is CCOC(=O)C1(CC#N)CCCC1=O. The number of hydrogen-bond donors (Lipinski definition) is 0. The summed E-state index contributed by atoms with van der Waals surface area (Å²) in [5.74, 6) is -0.665. The fraction of sp³-hybridized carbons (Fsp3) is 0.700. The lowest BCUT2D eigenvalue weighted by molar-refractivity contribution is -0.158. The fourth-order valence-electron chi connectivity index (χ4n) is 1.81. The van der Waals surface area contributed by atoms with Gasteiger partial charge in [-0.1, -0.05) is 0 Å². The van der Waals surface area contributed by atoms with E-state index in [9.17, 15) is 9.59 Å². The molecule has 0 aliphatic heterocycles. The predicted molar refractivity (Wildman–Crippen MR) is 48.2 cm³/mol. The Kier molecular flexibility index (Phi) is 3.23. The maximum atomic E-state index is 11.6. The highest BCUT2D eigenvalue weighted by molar-refractivity contribution is 6.05. The molecule has 1 saturated carbocycles. The molecule has 1 rings (SSSR count). The molecule has 0 spiro atoms. The van der Waals surface area contributed by atoms with E-state index in [0.29, 0.717) is 19.3 Å². The molecule has 4 nitrogen and oxygen atoms in total. The predicted octanol–water partition coefficient (Wildman–Crippen LogP) is 1.20. The van der Waals surface area contributed by atoms with Gasteiger partial charge in [0.15, 0.2) is 5.78 Å². The van der Waals surface area contributed by atoms with Crippen molar-refractivity contribution in [2.45, 2.75) is 32.6 Å². The molecule has 0 radical (unpaired) electrons. The molecular weight excluding hydrogens is 182 g/mol. The molecule has 0 heterocycles. The van der Waals surface area contributed by atoms with Gasteiger partial charge in [-0.25, -0.2) is 0 Å². The quantitative estimate of drug-likeness (QED) is 0.501. The van der Waals surface area contributed by atoms with Gasteiger partial charge in [0.2, 0.25) is 0 Å². The van der Waals surface area contributed by atoms with Crippen LogP contribution in [0.4, 0.5) is 0 Å². The average molecular weight is 195 g/mol. The zero-order valence-corrected chi connectivity index (χ0v) is 8.21. The third-order valence-electron chi connectivity index (χ3n) is 2.59. The summed E-state index contributed by atoms with van der Waals surface area (Å²) in [7, 11) is 0. The number of Topliss-reactive ketones (excluding diaryl/α,β-unsaturated/α-hetero) is 1. The topological polar surface area (TPSA) is 67.2 Å². The Morgan fingerprint density at radius 2 is 2.43 bits per heavy atom. The van der Waals surface area contributed by atoms with Crippen molar-refractivity contribution >= 4 is 11.8 Å². The van der Waals surface area contributed by atoms with E-state index < -0.39 is 11.4 Å². The summed E-state index contributed by atoms with van der Waals surface area (Å²) < 4.78 is 4.84. The zero-order chi connectivity index (χ0) is 10.6. The molecule has 0 aromatic heterocycles. The molecule has 0 aromatic carbocycles. The molecular formula is C10H13NO3. The third kappa shape index (κ3) is 1.63. The van der Waals surface area contributed by atoms with Crippen molar-refractivity contribution in [3.05, 3.63) is 0 Å². The van der Waals surface area contributed by atoms with E-state index in [1.165, 1.54) is 0 Å². The number of ketones is 1. The molecule has 0 bridgehead atoms. The van der Waals surface area contributed by atoms with Crippen LogP contribution in [0.2, 0.25) is 0 Å². The van der Waals surface area contributed by atoms with Crippen molar-refractivity contribution in [3.8, 4) is 6.07 Å². The number of rotatable bonds is 3. The zero-order valence-electron chi connectivity index (χ0n) is 8.21. The van der Waals surface area contributed by atoms with Crippen LogP contribution < -0.4 is 0 Å². The average Bonchev–Trinajstić information content (AvgIpc) is 2.50. The lowest BCUT2D eigenvalue weighted by atomic mass is 9.82. The Morgan fingerprint density at radius 3 is 2.86 bits per heavy atom. The van der Waals surface area contributed by atoms with Crippen molar-refractivity contribution in [2.75, 3.05) is 6.61 Å². The van der Waals surface area contributed by atoms with Crippen molar-refractivity contribution in [3.63, 3.8) is 0 Å². The van der Waals surface area contributed by atoms with Crippen LogP contribution in [0.15, 0.2) is 0 Å². The Balaban J connectivity index is 2.87. The first kappa shape index (κ1) is 10.7. The normalized spacial score (nSPS) is 25.9. The van der Waals surface area contributed by atoms with E-state index in [4.69, 9.17) is 10.00 Å². The van der Waals surface area contributed by atoms with Gasteiger partial charge in [-0.15, -0.1) is 0 Å². The van der Waals surface area contributed by atoms with E-state index in [1.54, 1.807) is 6.92 Å². The summed E-state index contributed by atoms with van der Waals surface area (Å²) in [5.41, 5.74) is -1.15. The van der Waals surface area contributed by atoms with Crippen molar-refractivity contribution in [2.24, 2.45) is 5.41 Å². The Morgan fingerprint density at radius 1 is 1.71 bits per heavy atom. The van der Waals surface area contributed by atoms with Crippen LogP contribution in [-0.2, 0) is 14.3 Å². The smallest absolute Gasteiger partial charge is 0.320 e. The summed E-state index contributed by atoms with van der Waals surface area (Å²) in [6.07, 6.45) is 1.47. The molecule has 0 N–H and O–H groups in total. The molecule has 1 unspecified atom stereocenters. The van der Waals surface area contributed by atoms with Crippen molar-refractivity contribution in [1.29, 1.82) is 5.26 Å². The second-order valence-corrected chi connectivity index (χ2v) is 3.41. The number of ether oxygens (including phenoxy) is 1. The lowest BCUT2D eigenvalue weighted by Gasteiger charge is -2.21. The first-order valence-corrected chi connectivity index (χ1v) is 4.75. The van der Waals surface area contributed by atoms with E-state index >= 15 is 0 Å². The monoisotopic (exact) mass is 195 g/mol. The van der Waals surface area contributed by atoms with Gasteiger partial charge in [-0.2, -0.15) is 5.26 Å². The number of nitrogens with zero attached hydrogens (tertiary/aromatic N) is 1. The molecule has 1 aliphatic carbocycles. The molecule has 4 heteroatoms. The van der Waals surface area contributed by atoms with Gasteiger partial charge in [0.05, 0.1) is 19.1 Å². The van der Waals surface area contributed by atoms with Gasteiger partial charge in [-0.05, 0) is 19.8 Å². The van der Waals surface area contributed by atoms with E-state index in [0.717, 1.165) is 0 Å². The largest absolute Gasteiger partial charge is 0.465 e. The molecule has 0 aromatic rings. The molecule has 14 heavy (non-hydrogen) atoms. The minimum absolute atomic E-state index is 0.0509. The van der Waals surface area contributed by atoms with Gasteiger partial charge >= 0.3 is 5.97 Å². The van der Waals surface area contributed by atoms with Gasteiger partial charge in [0.25, 0.3) is 0 Å². The van der Waals surface area contributed by atoms with E-state index in [1.807, 2.05) is 6.07 Å². The second-order valence-electron chi connectivity index (χ2n) is 3.41. The van der Waals surface area contributed by atoms with Gasteiger partial charge in [0, 0.05) is 6.42 Å².